The highest BCUT2D eigenvalue weighted by molar-refractivity contribution is 6.07. The fourth-order valence-electron chi connectivity index (χ4n) is 8.89. The number of anilines is 2. The van der Waals surface area contributed by atoms with Crippen molar-refractivity contribution in [3.8, 4) is 0 Å². The normalized spacial score (nSPS) is 12.1. The SMILES string of the molecule is CCCCc1nc2c(N)nc3ccccc3c2n1Cc1ccc(CNC(=O)CC/C(C)=C(/CC)CC(=O)NCc2ccc(Cn3c(CCCC)nc4c(N)nc5ccccc5c43)cc2)cc1. The minimum Gasteiger partial charge on any atom is -0.382 e. The van der Waals surface area contributed by atoms with Gasteiger partial charge in [0.15, 0.2) is 11.6 Å². The van der Waals surface area contributed by atoms with Gasteiger partial charge in [0.25, 0.3) is 0 Å². The monoisotopic (exact) mass is 883 g/mol. The molecule has 0 unspecified atom stereocenters. The van der Waals surface area contributed by atoms with E-state index in [1.54, 1.807) is 0 Å². The zero-order chi connectivity index (χ0) is 46.2. The summed E-state index contributed by atoms with van der Waals surface area (Å²) in [6, 6.07) is 33.0. The lowest BCUT2D eigenvalue weighted by Gasteiger charge is -2.13. The Kier molecular flexibility index (Phi) is 14.4. The van der Waals surface area contributed by atoms with Crippen LogP contribution in [0.3, 0.4) is 0 Å². The maximum absolute atomic E-state index is 13.2. The predicted molar refractivity (Wildman–Crippen MR) is 268 cm³/mol. The molecule has 0 atom stereocenters. The van der Waals surface area contributed by atoms with Crippen molar-refractivity contribution >= 4 is 67.3 Å². The number of aromatic nitrogens is 6. The number of para-hydroxylation sites is 2. The first-order chi connectivity index (χ1) is 32.1. The summed E-state index contributed by atoms with van der Waals surface area (Å²) in [4.78, 5) is 45.4. The molecule has 340 valence electrons. The number of unbranched alkanes of at least 4 members (excludes halogenated alkanes) is 2. The number of fused-ring (bicyclic) bond motifs is 6. The van der Waals surface area contributed by atoms with Crippen LogP contribution < -0.4 is 22.1 Å². The lowest BCUT2D eigenvalue weighted by Crippen LogP contribution is -2.24. The van der Waals surface area contributed by atoms with Gasteiger partial charge < -0.3 is 31.2 Å². The molecular weight excluding hydrogens is 821 g/mol. The number of benzene rings is 4. The molecule has 12 nitrogen and oxygen atoms in total. The molecule has 4 aromatic carbocycles. The van der Waals surface area contributed by atoms with Crippen LogP contribution in [0.25, 0.3) is 43.9 Å². The van der Waals surface area contributed by atoms with Crippen LogP contribution >= 0.6 is 0 Å². The Morgan fingerprint density at radius 1 is 0.561 bits per heavy atom. The van der Waals surface area contributed by atoms with E-state index < -0.39 is 0 Å². The third-order valence-electron chi connectivity index (χ3n) is 12.7. The number of amides is 2. The number of rotatable bonds is 20. The predicted octanol–water partition coefficient (Wildman–Crippen LogP) is 10.3. The molecule has 4 heterocycles. The van der Waals surface area contributed by atoms with Crippen LogP contribution in [0.15, 0.2) is 108 Å². The van der Waals surface area contributed by atoms with Crippen LogP contribution in [-0.2, 0) is 48.6 Å². The number of allylic oxidation sites excluding steroid dienone is 1. The van der Waals surface area contributed by atoms with E-state index >= 15 is 0 Å². The van der Waals surface area contributed by atoms with Gasteiger partial charge >= 0.3 is 0 Å². The van der Waals surface area contributed by atoms with Gasteiger partial charge in [0.05, 0.1) is 22.1 Å². The van der Waals surface area contributed by atoms with E-state index in [-0.39, 0.29) is 11.8 Å². The van der Waals surface area contributed by atoms with E-state index in [0.717, 1.165) is 134 Å². The number of nitrogen functional groups attached to an aromatic ring is 2. The van der Waals surface area contributed by atoms with Crippen molar-refractivity contribution in [3.05, 3.63) is 142 Å². The number of carbonyl (C=O) groups is 2. The van der Waals surface area contributed by atoms with Crippen LogP contribution in [0.5, 0.6) is 0 Å². The van der Waals surface area contributed by atoms with Gasteiger partial charge in [-0.1, -0.05) is 130 Å². The summed E-state index contributed by atoms with van der Waals surface area (Å²) < 4.78 is 4.58. The van der Waals surface area contributed by atoms with Crippen molar-refractivity contribution < 1.29 is 9.59 Å². The Morgan fingerprint density at radius 3 is 1.45 bits per heavy atom. The minimum atomic E-state index is -0.0281. The van der Waals surface area contributed by atoms with Crippen LogP contribution in [0.4, 0.5) is 11.6 Å². The lowest BCUT2D eigenvalue weighted by atomic mass is 9.99. The highest BCUT2D eigenvalue weighted by Crippen LogP contribution is 2.32. The molecule has 2 amide bonds. The van der Waals surface area contributed by atoms with Gasteiger partial charge in [-0.25, -0.2) is 19.9 Å². The zero-order valence-corrected chi connectivity index (χ0v) is 38.8. The summed E-state index contributed by atoms with van der Waals surface area (Å²) >= 11 is 0. The Hall–Kier alpha value is -7.08. The fourth-order valence-corrected chi connectivity index (χ4v) is 8.89. The maximum atomic E-state index is 13.2. The zero-order valence-electron chi connectivity index (χ0n) is 38.8. The number of imidazole rings is 2. The Labute approximate surface area is 386 Å². The van der Waals surface area contributed by atoms with Gasteiger partial charge in [0, 0.05) is 62.6 Å². The molecule has 0 bridgehead atoms. The third kappa shape index (κ3) is 10.2. The number of aryl methyl sites for hydroxylation is 2. The van der Waals surface area contributed by atoms with Gasteiger partial charge in [-0.05, 0) is 67.0 Å². The van der Waals surface area contributed by atoms with Gasteiger partial charge in [0.1, 0.15) is 22.7 Å². The summed E-state index contributed by atoms with van der Waals surface area (Å²) in [6.07, 6.45) is 7.96. The molecule has 66 heavy (non-hydrogen) atoms. The second kappa shape index (κ2) is 20.8. The smallest absolute Gasteiger partial charge is 0.224 e. The third-order valence-corrected chi connectivity index (χ3v) is 12.7. The van der Waals surface area contributed by atoms with Crippen molar-refractivity contribution in [1.29, 1.82) is 0 Å². The Bertz CT molecular complexity index is 3040. The van der Waals surface area contributed by atoms with E-state index in [9.17, 15) is 9.59 Å². The number of nitrogens with one attached hydrogen (secondary N) is 2. The fraction of sp³-hybridized carbons (Fsp3) is 0.333. The first kappa shape index (κ1) is 45.5. The standard InChI is InChI=1S/C54H62N10O2/c1-5-8-18-45-61-49-51(41-14-10-12-16-43(41)59-53(49)55)63(45)33-38-25-21-36(22-26-38)31-57-47(65)29-20-35(4)40(7-3)30-48(66)58-32-37-23-27-39(28-24-37)34-64-46(19-9-6-2)62-50-52(64)42-15-11-13-17-44(42)60-54(50)56/h10-17,21-28H,5-9,18-20,29-34H2,1-4H3,(H2,55,59)(H2,56,60)(H,57,65)(H,58,66)/b40-35-. The molecule has 0 aliphatic carbocycles. The van der Waals surface area contributed by atoms with E-state index in [1.807, 2.05) is 43.3 Å². The maximum Gasteiger partial charge on any atom is 0.224 e. The van der Waals surface area contributed by atoms with Gasteiger partial charge in [0.2, 0.25) is 11.8 Å². The van der Waals surface area contributed by atoms with Crippen LogP contribution in [0.1, 0.15) is 113 Å². The molecule has 8 rings (SSSR count). The Balaban J connectivity index is 0.825. The average molecular weight is 883 g/mol. The lowest BCUT2D eigenvalue weighted by molar-refractivity contribution is -0.121. The van der Waals surface area contributed by atoms with E-state index in [0.29, 0.717) is 57.1 Å². The minimum absolute atomic E-state index is 0.0156. The van der Waals surface area contributed by atoms with Gasteiger partial charge in [-0.2, -0.15) is 0 Å². The molecule has 8 aromatic rings. The van der Waals surface area contributed by atoms with Crippen molar-refractivity contribution in [1.82, 2.24) is 39.7 Å². The summed E-state index contributed by atoms with van der Waals surface area (Å²) in [6.45, 7) is 10.7. The molecule has 0 aliphatic heterocycles. The molecule has 6 N–H and O–H groups in total. The van der Waals surface area contributed by atoms with E-state index in [4.69, 9.17) is 21.4 Å². The molecule has 0 spiro atoms. The van der Waals surface area contributed by atoms with Crippen molar-refractivity contribution in [2.75, 3.05) is 11.5 Å². The molecule has 4 aromatic heterocycles. The van der Waals surface area contributed by atoms with Crippen LogP contribution in [0.2, 0.25) is 0 Å². The first-order valence-corrected chi connectivity index (χ1v) is 23.6. The summed E-state index contributed by atoms with van der Waals surface area (Å²) in [5, 5.41) is 8.29. The van der Waals surface area contributed by atoms with E-state index in [2.05, 4.69) is 111 Å². The number of hydrogen-bond acceptors (Lipinski definition) is 8. The number of hydrogen-bond donors (Lipinski definition) is 4. The molecule has 0 saturated heterocycles. The Morgan fingerprint density at radius 2 is 1.00 bits per heavy atom. The van der Waals surface area contributed by atoms with Gasteiger partial charge in [-0.3, -0.25) is 9.59 Å². The topological polar surface area (TPSA) is 172 Å². The first-order valence-electron chi connectivity index (χ1n) is 23.6. The van der Waals surface area contributed by atoms with Crippen LogP contribution in [-0.4, -0.2) is 40.9 Å². The molecule has 0 saturated carbocycles. The molecule has 0 fully saturated rings. The van der Waals surface area contributed by atoms with Crippen molar-refractivity contribution in [2.24, 2.45) is 0 Å². The van der Waals surface area contributed by atoms with E-state index in [1.165, 1.54) is 0 Å². The number of nitrogens with two attached hydrogens (primary N) is 2. The summed E-state index contributed by atoms with van der Waals surface area (Å²) in [7, 11) is 0. The molecule has 0 radical (unpaired) electrons. The quantitative estimate of drug-likeness (QED) is 0.0548. The number of pyridine rings is 2. The average Bonchev–Trinajstić information content (AvgIpc) is 3.89. The van der Waals surface area contributed by atoms with Crippen LogP contribution in [0, 0.1) is 0 Å². The highest BCUT2D eigenvalue weighted by atomic mass is 16.2. The number of nitrogens with zero attached hydrogens (tertiary/aromatic N) is 6. The number of carbonyl (C=O) groups excluding carboxylic acids is 2. The highest BCUT2D eigenvalue weighted by Gasteiger charge is 2.20. The molecule has 0 aliphatic rings. The molecule has 12 heteroatoms. The second-order valence-electron chi connectivity index (χ2n) is 17.5. The largest absolute Gasteiger partial charge is 0.382 e. The second-order valence-corrected chi connectivity index (χ2v) is 17.5. The summed E-state index contributed by atoms with van der Waals surface area (Å²) in [5.41, 5.74) is 24.6. The van der Waals surface area contributed by atoms with Crippen molar-refractivity contribution in [2.45, 2.75) is 118 Å². The summed E-state index contributed by atoms with van der Waals surface area (Å²) in [5.74, 6) is 2.89. The molecular formula is C54H62N10O2. The van der Waals surface area contributed by atoms with Crippen molar-refractivity contribution in [3.63, 3.8) is 0 Å². The van der Waals surface area contributed by atoms with Gasteiger partial charge in [-0.15, -0.1) is 0 Å².